The fourth-order valence-corrected chi connectivity index (χ4v) is 4.87. The van der Waals surface area contributed by atoms with E-state index in [4.69, 9.17) is 9.47 Å². The van der Waals surface area contributed by atoms with Gasteiger partial charge in [-0.1, -0.05) is 18.2 Å². The van der Waals surface area contributed by atoms with Crippen LogP contribution in [0.5, 0.6) is 11.5 Å². The first-order chi connectivity index (χ1) is 16.2. The number of rotatable bonds is 5. The van der Waals surface area contributed by atoms with E-state index in [0.717, 1.165) is 18.9 Å². The zero-order valence-corrected chi connectivity index (χ0v) is 18.8. The molecule has 0 saturated carbocycles. The second-order valence-corrected chi connectivity index (χ2v) is 8.27. The summed E-state index contributed by atoms with van der Waals surface area (Å²) in [5, 5.41) is 3.11. The number of hydrogen-bond acceptors (Lipinski definition) is 7. The van der Waals surface area contributed by atoms with Gasteiger partial charge in [-0.15, -0.1) is 0 Å². The van der Waals surface area contributed by atoms with E-state index in [-0.39, 0.29) is 17.9 Å². The third-order valence-electron chi connectivity index (χ3n) is 6.49. The van der Waals surface area contributed by atoms with Gasteiger partial charge in [0.1, 0.15) is 5.82 Å². The molecule has 2 aliphatic rings. The number of fused-ring (bicyclic) bond motifs is 3. The predicted molar refractivity (Wildman–Crippen MR) is 127 cm³/mol. The van der Waals surface area contributed by atoms with E-state index in [9.17, 15) is 4.79 Å². The van der Waals surface area contributed by atoms with Crippen molar-refractivity contribution >= 4 is 23.1 Å². The Hall–Kier alpha value is -3.81. The quantitative estimate of drug-likeness (QED) is 0.647. The van der Waals surface area contributed by atoms with Gasteiger partial charge in [-0.2, -0.15) is 0 Å². The third-order valence-corrected chi connectivity index (χ3v) is 6.49. The van der Waals surface area contributed by atoms with E-state index in [1.165, 1.54) is 11.3 Å². The van der Waals surface area contributed by atoms with E-state index >= 15 is 0 Å². The normalized spacial score (nSPS) is 19.3. The molecule has 2 aromatic carbocycles. The number of nitrogens with zero attached hydrogens (tertiary/aromatic N) is 4. The molecule has 1 aromatic heterocycles. The summed E-state index contributed by atoms with van der Waals surface area (Å²) >= 11 is 0. The molecule has 1 N–H and O–H groups in total. The van der Waals surface area contributed by atoms with Crippen molar-refractivity contribution in [2.24, 2.45) is 5.92 Å². The van der Waals surface area contributed by atoms with Crippen LogP contribution >= 0.6 is 0 Å². The fraction of sp³-hybridized carbons (Fsp3) is 0.320. The highest BCUT2D eigenvalue weighted by Crippen LogP contribution is 2.37. The van der Waals surface area contributed by atoms with Gasteiger partial charge in [0, 0.05) is 49.5 Å². The van der Waals surface area contributed by atoms with Crippen LogP contribution in [0.4, 0.5) is 17.2 Å². The predicted octanol–water partition coefficient (Wildman–Crippen LogP) is 3.00. The topological polar surface area (TPSA) is 79.8 Å². The summed E-state index contributed by atoms with van der Waals surface area (Å²) in [5.41, 5.74) is 3.11. The van der Waals surface area contributed by atoms with Crippen LogP contribution in [0.2, 0.25) is 0 Å². The summed E-state index contributed by atoms with van der Waals surface area (Å²) in [4.78, 5) is 26.9. The molecule has 2 aliphatic heterocycles. The maximum absolute atomic E-state index is 13.6. The molecular weight excluding hydrogens is 418 g/mol. The van der Waals surface area contributed by atoms with Gasteiger partial charge in [0.05, 0.1) is 32.4 Å². The van der Waals surface area contributed by atoms with Crippen molar-refractivity contribution in [2.45, 2.75) is 12.5 Å². The largest absolute Gasteiger partial charge is 0.493 e. The first-order valence-corrected chi connectivity index (χ1v) is 11.1. The average molecular weight is 446 g/mol. The van der Waals surface area contributed by atoms with Crippen LogP contribution in [0.3, 0.4) is 0 Å². The molecule has 3 aromatic rings. The number of ether oxygens (including phenoxy) is 2. The Balaban J connectivity index is 1.43. The molecule has 5 rings (SSSR count). The fourth-order valence-electron chi connectivity index (χ4n) is 4.87. The molecule has 8 nitrogen and oxygen atoms in total. The van der Waals surface area contributed by atoms with Gasteiger partial charge in [0.2, 0.25) is 5.91 Å². The van der Waals surface area contributed by atoms with Crippen molar-refractivity contribution in [2.75, 3.05) is 49.0 Å². The minimum Gasteiger partial charge on any atom is -0.493 e. The zero-order valence-electron chi connectivity index (χ0n) is 18.8. The highest BCUT2D eigenvalue weighted by atomic mass is 16.5. The molecular formula is C25H27N5O3. The first-order valence-electron chi connectivity index (χ1n) is 11.1. The van der Waals surface area contributed by atoms with Gasteiger partial charge in [-0.25, -0.2) is 4.98 Å². The minimum atomic E-state index is -0.215. The maximum atomic E-state index is 13.6. The van der Waals surface area contributed by atoms with Crippen LogP contribution in [-0.4, -0.2) is 55.8 Å². The smallest absolute Gasteiger partial charge is 0.229 e. The van der Waals surface area contributed by atoms with Crippen molar-refractivity contribution in [3.63, 3.8) is 0 Å². The number of piperazine rings is 1. The van der Waals surface area contributed by atoms with Gasteiger partial charge in [0.15, 0.2) is 11.5 Å². The van der Waals surface area contributed by atoms with E-state index in [2.05, 4.69) is 43.3 Å². The van der Waals surface area contributed by atoms with Crippen LogP contribution in [0.25, 0.3) is 0 Å². The number of carbonyl (C=O) groups excluding carboxylic acids is 1. The van der Waals surface area contributed by atoms with Gasteiger partial charge >= 0.3 is 0 Å². The first kappa shape index (κ1) is 21.1. The Labute approximate surface area is 193 Å². The monoisotopic (exact) mass is 445 g/mol. The zero-order chi connectivity index (χ0) is 22.8. The van der Waals surface area contributed by atoms with Crippen LogP contribution in [0.15, 0.2) is 61.1 Å². The SMILES string of the molecule is COc1ccc(NC(=O)[C@H]2Cc3ccccc3N3CCN(c4cnccn4)C[C@@H]23)cc1OC. The molecule has 33 heavy (non-hydrogen) atoms. The van der Waals surface area contributed by atoms with Crippen molar-refractivity contribution in [1.82, 2.24) is 9.97 Å². The molecule has 8 heteroatoms. The van der Waals surface area contributed by atoms with Gasteiger partial charge in [-0.3, -0.25) is 9.78 Å². The number of aromatic nitrogens is 2. The summed E-state index contributed by atoms with van der Waals surface area (Å²) in [5.74, 6) is 1.83. The lowest BCUT2D eigenvalue weighted by atomic mass is 9.83. The lowest BCUT2D eigenvalue weighted by Crippen LogP contribution is -2.60. The molecule has 0 aliphatic carbocycles. The summed E-state index contributed by atoms with van der Waals surface area (Å²) in [6, 6.07) is 13.8. The summed E-state index contributed by atoms with van der Waals surface area (Å²) in [7, 11) is 3.18. The van der Waals surface area contributed by atoms with Crippen LogP contribution in [0.1, 0.15) is 5.56 Å². The molecule has 3 heterocycles. The Bertz CT molecular complexity index is 1140. The van der Waals surface area contributed by atoms with E-state index in [1.807, 2.05) is 12.1 Å². The Kier molecular flexibility index (Phi) is 5.73. The number of amides is 1. The molecule has 2 atom stereocenters. The van der Waals surface area contributed by atoms with Gasteiger partial charge < -0.3 is 24.6 Å². The molecule has 0 unspecified atom stereocenters. The summed E-state index contributed by atoms with van der Waals surface area (Å²) in [6.07, 6.45) is 5.85. The average Bonchev–Trinajstić information content (AvgIpc) is 2.88. The van der Waals surface area contributed by atoms with Crippen LogP contribution in [-0.2, 0) is 11.2 Å². The van der Waals surface area contributed by atoms with Crippen molar-refractivity contribution < 1.29 is 14.3 Å². The second-order valence-electron chi connectivity index (χ2n) is 8.27. The third kappa shape index (κ3) is 4.04. The molecule has 0 spiro atoms. The lowest BCUT2D eigenvalue weighted by molar-refractivity contribution is -0.120. The standard InChI is InChI=1S/C25H27N5O3/c1-32-22-8-7-18(14-23(22)33-2)28-25(31)19-13-17-5-3-4-6-20(17)30-12-11-29(16-21(19)30)24-15-26-9-10-27-24/h3-10,14-15,19,21H,11-13,16H2,1-2H3,(H,28,31)/t19-,21-/m0/s1. The van der Waals surface area contributed by atoms with E-state index in [0.29, 0.717) is 30.2 Å². The van der Waals surface area contributed by atoms with Crippen molar-refractivity contribution in [3.05, 3.63) is 66.6 Å². The molecule has 1 saturated heterocycles. The number of benzene rings is 2. The minimum absolute atomic E-state index is 0.00674. The van der Waals surface area contributed by atoms with Crippen molar-refractivity contribution in [1.29, 1.82) is 0 Å². The summed E-state index contributed by atoms with van der Waals surface area (Å²) in [6.45, 7) is 2.35. The molecule has 1 amide bonds. The second kappa shape index (κ2) is 8.97. The van der Waals surface area contributed by atoms with Crippen LogP contribution < -0.4 is 24.6 Å². The number of hydrogen-bond donors (Lipinski definition) is 1. The maximum Gasteiger partial charge on any atom is 0.229 e. The number of carbonyl (C=O) groups is 1. The number of anilines is 3. The Morgan fingerprint density at radius 1 is 1.06 bits per heavy atom. The highest BCUT2D eigenvalue weighted by Gasteiger charge is 2.41. The molecule has 170 valence electrons. The molecule has 0 radical (unpaired) electrons. The van der Waals surface area contributed by atoms with Crippen LogP contribution in [0, 0.1) is 5.92 Å². The van der Waals surface area contributed by atoms with Crippen molar-refractivity contribution in [3.8, 4) is 11.5 Å². The number of nitrogens with one attached hydrogen (secondary N) is 1. The molecule has 0 bridgehead atoms. The van der Waals surface area contributed by atoms with E-state index in [1.54, 1.807) is 44.9 Å². The number of methoxy groups -OCH3 is 2. The molecule has 1 fully saturated rings. The van der Waals surface area contributed by atoms with Gasteiger partial charge in [-0.05, 0) is 30.2 Å². The Morgan fingerprint density at radius 2 is 1.91 bits per heavy atom. The highest BCUT2D eigenvalue weighted by molar-refractivity contribution is 5.94. The van der Waals surface area contributed by atoms with Gasteiger partial charge in [0.25, 0.3) is 0 Å². The van der Waals surface area contributed by atoms with E-state index < -0.39 is 0 Å². The Morgan fingerprint density at radius 3 is 2.70 bits per heavy atom. The number of para-hydroxylation sites is 1. The summed E-state index contributed by atoms with van der Waals surface area (Å²) < 4.78 is 10.7. The lowest BCUT2D eigenvalue weighted by Gasteiger charge is -2.49.